The molecule has 1 aromatic carbocycles. The van der Waals surface area contributed by atoms with Gasteiger partial charge in [-0.25, -0.2) is 13.4 Å². The quantitative estimate of drug-likeness (QED) is 0.647. The summed E-state index contributed by atoms with van der Waals surface area (Å²) >= 11 is 1.44. The van der Waals surface area contributed by atoms with E-state index in [9.17, 15) is 8.42 Å². The number of nitrogens with zero attached hydrogens (tertiary/aromatic N) is 1. The van der Waals surface area contributed by atoms with Crippen LogP contribution in [-0.2, 0) is 20.3 Å². The Morgan fingerprint density at radius 2 is 1.87 bits per heavy atom. The first kappa shape index (κ1) is 17.9. The lowest BCUT2D eigenvalue weighted by Crippen LogP contribution is -2.14. The zero-order chi connectivity index (χ0) is 16.7. The lowest BCUT2D eigenvalue weighted by molar-refractivity contribution is 0.163. The van der Waals surface area contributed by atoms with E-state index in [1.165, 1.54) is 11.3 Å². The van der Waals surface area contributed by atoms with Crippen LogP contribution in [0.3, 0.4) is 0 Å². The third kappa shape index (κ3) is 5.60. The fraction of sp³-hybridized carbons (Fsp3) is 0.438. The Hall–Kier alpha value is -1.44. The molecular formula is C16H21NO4S2. The van der Waals surface area contributed by atoms with Crippen LogP contribution in [0.15, 0.2) is 29.6 Å². The number of benzene rings is 1. The molecule has 0 amide bonds. The average molecular weight is 355 g/mol. The van der Waals surface area contributed by atoms with E-state index in [-0.39, 0.29) is 18.1 Å². The number of sulfone groups is 1. The number of thiazole rings is 1. The molecule has 0 aliphatic heterocycles. The molecule has 23 heavy (non-hydrogen) atoms. The van der Waals surface area contributed by atoms with Gasteiger partial charge in [0.25, 0.3) is 0 Å². The van der Waals surface area contributed by atoms with E-state index in [1.807, 2.05) is 38.1 Å². The molecule has 126 valence electrons. The zero-order valence-electron chi connectivity index (χ0n) is 13.3. The average Bonchev–Trinajstić information content (AvgIpc) is 2.96. The third-order valence-electron chi connectivity index (χ3n) is 3.07. The minimum Gasteiger partial charge on any atom is -0.494 e. The summed E-state index contributed by atoms with van der Waals surface area (Å²) < 4.78 is 34.5. The predicted molar refractivity (Wildman–Crippen MR) is 92.7 cm³/mol. The Balaban J connectivity index is 2.02. The highest BCUT2D eigenvalue weighted by molar-refractivity contribution is 7.90. The molecule has 1 heterocycles. The highest BCUT2D eigenvalue weighted by Gasteiger charge is 2.15. The Morgan fingerprint density at radius 3 is 2.52 bits per heavy atom. The molecule has 0 atom stereocenters. The van der Waals surface area contributed by atoms with Crippen molar-refractivity contribution in [1.29, 1.82) is 0 Å². The minimum absolute atomic E-state index is 0.0246. The molecule has 0 aliphatic carbocycles. The first-order valence-electron chi connectivity index (χ1n) is 7.50. The second-order valence-corrected chi connectivity index (χ2v) is 7.93. The number of hydrogen-bond donors (Lipinski definition) is 0. The number of aromatic nitrogens is 1. The van der Waals surface area contributed by atoms with Gasteiger partial charge in [0.1, 0.15) is 10.8 Å². The Labute approximate surface area is 141 Å². The van der Waals surface area contributed by atoms with Crippen LogP contribution in [0.1, 0.15) is 19.5 Å². The molecule has 0 saturated heterocycles. The fourth-order valence-electron chi connectivity index (χ4n) is 1.99. The molecule has 0 bridgehead atoms. The molecule has 2 aromatic rings. The summed E-state index contributed by atoms with van der Waals surface area (Å²) in [5, 5.41) is 2.60. The van der Waals surface area contributed by atoms with Gasteiger partial charge in [-0.05, 0) is 38.1 Å². The summed E-state index contributed by atoms with van der Waals surface area (Å²) in [5.41, 5.74) is 1.53. The van der Waals surface area contributed by atoms with Gasteiger partial charge in [0.05, 0.1) is 30.4 Å². The largest absolute Gasteiger partial charge is 0.494 e. The van der Waals surface area contributed by atoms with Gasteiger partial charge < -0.3 is 9.47 Å². The van der Waals surface area contributed by atoms with Crippen LogP contribution < -0.4 is 4.74 Å². The summed E-state index contributed by atoms with van der Waals surface area (Å²) in [7, 11) is -3.19. The Bertz CT molecular complexity index is 708. The first-order valence-corrected chi connectivity index (χ1v) is 10.2. The number of rotatable bonds is 9. The van der Waals surface area contributed by atoms with Gasteiger partial charge in [0.2, 0.25) is 0 Å². The monoisotopic (exact) mass is 355 g/mol. The van der Waals surface area contributed by atoms with Crippen LogP contribution in [0.4, 0.5) is 0 Å². The molecule has 0 saturated carbocycles. The van der Waals surface area contributed by atoms with Crippen molar-refractivity contribution in [3.63, 3.8) is 0 Å². The molecule has 1 aromatic heterocycles. The van der Waals surface area contributed by atoms with Crippen molar-refractivity contribution in [2.75, 3.05) is 25.6 Å². The molecule has 5 nitrogen and oxygen atoms in total. The molecule has 2 rings (SSSR count). The smallest absolute Gasteiger partial charge is 0.158 e. The van der Waals surface area contributed by atoms with Gasteiger partial charge in [-0.1, -0.05) is 0 Å². The second-order valence-electron chi connectivity index (χ2n) is 4.89. The van der Waals surface area contributed by atoms with Crippen molar-refractivity contribution in [2.45, 2.75) is 19.6 Å². The van der Waals surface area contributed by atoms with Crippen molar-refractivity contribution in [2.24, 2.45) is 0 Å². The molecule has 0 unspecified atom stereocenters. The van der Waals surface area contributed by atoms with Gasteiger partial charge >= 0.3 is 0 Å². The van der Waals surface area contributed by atoms with E-state index >= 15 is 0 Å². The standard InChI is InChI=1S/C16H21NO4S2/c1-3-20-9-10-23(18,19)12-14-11-22-16(17-14)13-5-7-15(8-6-13)21-4-2/h5-8,11H,3-4,9-10,12H2,1-2H3. The molecule has 0 radical (unpaired) electrons. The van der Waals surface area contributed by atoms with Gasteiger partial charge in [0.15, 0.2) is 9.84 Å². The Kier molecular flexibility index (Phi) is 6.56. The predicted octanol–water partition coefficient (Wildman–Crippen LogP) is 3.16. The lowest BCUT2D eigenvalue weighted by atomic mass is 10.2. The molecular weight excluding hydrogens is 334 g/mol. The fourth-order valence-corrected chi connectivity index (χ4v) is 4.04. The van der Waals surface area contributed by atoms with E-state index in [0.717, 1.165) is 16.3 Å². The van der Waals surface area contributed by atoms with Crippen molar-refractivity contribution in [3.05, 3.63) is 35.3 Å². The van der Waals surface area contributed by atoms with Gasteiger partial charge in [-0.3, -0.25) is 0 Å². The SMILES string of the molecule is CCOCCS(=O)(=O)Cc1csc(-c2ccc(OCC)cc2)n1. The van der Waals surface area contributed by atoms with Crippen molar-refractivity contribution in [1.82, 2.24) is 4.98 Å². The van der Waals surface area contributed by atoms with Crippen molar-refractivity contribution < 1.29 is 17.9 Å². The van der Waals surface area contributed by atoms with Crippen LogP contribution >= 0.6 is 11.3 Å². The van der Waals surface area contributed by atoms with Crippen LogP contribution in [0.2, 0.25) is 0 Å². The van der Waals surface area contributed by atoms with Crippen LogP contribution in [0, 0.1) is 0 Å². The topological polar surface area (TPSA) is 65.5 Å². The zero-order valence-corrected chi connectivity index (χ0v) is 15.0. The normalized spacial score (nSPS) is 11.6. The number of ether oxygens (including phenoxy) is 2. The van der Waals surface area contributed by atoms with E-state index in [2.05, 4.69) is 4.98 Å². The maximum Gasteiger partial charge on any atom is 0.158 e. The highest BCUT2D eigenvalue weighted by atomic mass is 32.2. The second kappa shape index (κ2) is 8.42. The van der Waals surface area contributed by atoms with E-state index in [4.69, 9.17) is 9.47 Å². The van der Waals surface area contributed by atoms with Crippen LogP contribution in [0.25, 0.3) is 10.6 Å². The summed E-state index contributed by atoms with van der Waals surface area (Å²) in [6.07, 6.45) is 0. The van der Waals surface area contributed by atoms with Gasteiger partial charge in [-0.15, -0.1) is 11.3 Å². The summed E-state index contributed by atoms with van der Waals surface area (Å²) in [5.74, 6) is 0.788. The Morgan fingerprint density at radius 1 is 1.13 bits per heavy atom. The van der Waals surface area contributed by atoms with Gasteiger partial charge in [0, 0.05) is 17.6 Å². The third-order valence-corrected chi connectivity index (χ3v) is 5.54. The minimum atomic E-state index is -3.19. The summed E-state index contributed by atoms with van der Waals surface area (Å²) in [6.45, 7) is 5.16. The first-order chi connectivity index (χ1) is 11.0. The van der Waals surface area contributed by atoms with E-state index in [0.29, 0.717) is 18.9 Å². The maximum absolute atomic E-state index is 12.0. The summed E-state index contributed by atoms with van der Waals surface area (Å²) in [4.78, 5) is 4.43. The molecule has 0 aliphatic rings. The number of hydrogen-bond acceptors (Lipinski definition) is 6. The molecule has 0 N–H and O–H groups in total. The maximum atomic E-state index is 12.0. The highest BCUT2D eigenvalue weighted by Crippen LogP contribution is 2.26. The van der Waals surface area contributed by atoms with Crippen LogP contribution in [0.5, 0.6) is 5.75 Å². The van der Waals surface area contributed by atoms with Gasteiger partial charge in [-0.2, -0.15) is 0 Å². The van der Waals surface area contributed by atoms with E-state index in [1.54, 1.807) is 5.38 Å². The summed E-state index contributed by atoms with van der Waals surface area (Å²) in [6, 6.07) is 7.63. The molecule has 7 heteroatoms. The molecule has 0 fully saturated rings. The van der Waals surface area contributed by atoms with E-state index < -0.39 is 9.84 Å². The molecule has 0 spiro atoms. The lowest BCUT2D eigenvalue weighted by Gasteiger charge is -2.03. The van der Waals surface area contributed by atoms with Crippen molar-refractivity contribution in [3.8, 4) is 16.3 Å². The van der Waals surface area contributed by atoms with Crippen molar-refractivity contribution >= 4 is 21.2 Å². The van der Waals surface area contributed by atoms with Crippen LogP contribution in [-0.4, -0.2) is 39.0 Å².